The summed E-state index contributed by atoms with van der Waals surface area (Å²) in [6, 6.07) is 11.8. The lowest BCUT2D eigenvalue weighted by molar-refractivity contribution is -0.120. The molecule has 0 spiro atoms. The second-order valence-corrected chi connectivity index (χ2v) is 5.61. The normalized spacial score (nSPS) is 11.7. The first-order chi connectivity index (χ1) is 13.7. The van der Waals surface area contributed by atoms with E-state index in [1.165, 1.54) is 6.21 Å². The van der Waals surface area contributed by atoms with E-state index in [9.17, 15) is 9.59 Å². The van der Waals surface area contributed by atoms with Crippen LogP contribution in [-0.4, -0.2) is 38.0 Å². The number of fused-ring (bicyclic) bond motifs is 1. The first kappa shape index (κ1) is 18.8. The first-order valence-electron chi connectivity index (χ1n) is 8.32. The number of hydrogen-bond acceptors (Lipinski definition) is 6. The molecule has 0 aliphatic carbocycles. The van der Waals surface area contributed by atoms with Crippen LogP contribution in [0.3, 0.4) is 0 Å². The summed E-state index contributed by atoms with van der Waals surface area (Å²) in [4.78, 5) is 23.9. The second kappa shape index (κ2) is 9.09. The number of ether oxygens (including phenoxy) is 3. The molecule has 0 saturated heterocycles. The maximum atomic E-state index is 12.1. The van der Waals surface area contributed by atoms with Crippen molar-refractivity contribution >= 4 is 18.0 Å². The Balaban J connectivity index is 1.43. The number of hydrazone groups is 1. The third-order valence-corrected chi connectivity index (χ3v) is 3.65. The molecule has 1 heterocycles. The van der Waals surface area contributed by atoms with Gasteiger partial charge in [-0.15, -0.1) is 6.42 Å². The van der Waals surface area contributed by atoms with Gasteiger partial charge in [0.2, 0.25) is 6.79 Å². The molecule has 0 atom stereocenters. The van der Waals surface area contributed by atoms with Gasteiger partial charge in [0.1, 0.15) is 12.4 Å². The van der Waals surface area contributed by atoms with E-state index >= 15 is 0 Å². The Morgan fingerprint density at radius 3 is 2.75 bits per heavy atom. The fourth-order valence-corrected chi connectivity index (χ4v) is 2.29. The van der Waals surface area contributed by atoms with E-state index < -0.39 is 11.8 Å². The molecule has 0 aromatic heterocycles. The summed E-state index contributed by atoms with van der Waals surface area (Å²) in [7, 11) is 0. The molecule has 0 bridgehead atoms. The van der Waals surface area contributed by atoms with Gasteiger partial charge < -0.3 is 19.5 Å². The number of rotatable bonds is 7. The Bertz CT molecular complexity index is 932. The van der Waals surface area contributed by atoms with Crippen molar-refractivity contribution < 1.29 is 23.8 Å². The van der Waals surface area contributed by atoms with E-state index in [0.29, 0.717) is 22.8 Å². The van der Waals surface area contributed by atoms with Gasteiger partial charge >= 0.3 is 0 Å². The predicted molar refractivity (Wildman–Crippen MR) is 101 cm³/mol. The number of carbonyl (C=O) groups excluding carboxylic acids is 2. The van der Waals surface area contributed by atoms with Gasteiger partial charge in [-0.3, -0.25) is 9.59 Å². The molecule has 8 nitrogen and oxygen atoms in total. The van der Waals surface area contributed by atoms with Crippen molar-refractivity contribution in [3.05, 3.63) is 53.6 Å². The lowest BCUT2D eigenvalue weighted by atomic mass is 10.2. The molecule has 2 amide bonds. The fraction of sp³-hybridized carbons (Fsp3) is 0.150. The molecule has 0 unspecified atom stereocenters. The molecule has 28 heavy (non-hydrogen) atoms. The fourth-order valence-electron chi connectivity index (χ4n) is 2.29. The van der Waals surface area contributed by atoms with Crippen LogP contribution in [-0.2, 0) is 4.79 Å². The van der Waals surface area contributed by atoms with Crippen LogP contribution in [0.4, 0.5) is 0 Å². The number of terminal acetylenes is 1. The number of hydrogen-bond donors (Lipinski definition) is 2. The smallest absolute Gasteiger partial charge is 0.259 e. The predicted octanol–water partition coefficient (Wildman–Crippen LogP) is 1.31. The first-order valence-corrected chi connectivity index (χ1v) is 8.32. The molecular weight excluding hydrogens is 362 g/mol. The largest absolute Gasteiger partial charge is 0.481 e. The van der Waals surface area contributed by atoms with Gasteiger partial charge in [-0.1, -0.05) is 5.92 Å². The van der Waals surface area contributed by atoms with Gasteiger partial charge in [0, 0.05) is 5.56 Å². The summed E-state index contributed by atoms with van der Waals surface area (Å²) in [5, 5.41) is 6.36. The average molecular weight is 379 g/mol. The van der Waals surface area contributed by atoms with Crippen molar-refractivity contribution in [2.75, 3.05) is 19.9 Å². The zero-order chi connectivity index (χ0) is 19.8. The van der Waals surface area contributed by atoms with Crippen LogP contribution in [0, 0.1) is 12.3 Å². The maximum absolute atomic E-state index is 12.1. The van der Waals surface area contributed by atoms with Gasteiger partial charge in [0.05, 0.1) is 12.8 Å². The van der Waals surface area contributed by atoms with Crippen LogP contribution in [0.5, 0.6) is 17.2 Å². The van der Waals surface area contributed by atoms with E-state index in [0.717, 1.165) is 5.56 Å². The molecule has 3 rings (SSSR count). The molecule has 1 aliphatic heterocycles. The Morgan fingerprint density at radius 1 is 1.18 bits per heavy atom. The number of nitrogens with one attached hydrogen (secondary N) is 2. The van der Waals surface area contributed by atoms with E-state index in [4.69, 9.17) is 20.6 Å². The molecule has 142 valence electrons. The topological polar surface area (TPSA) is 98.2 Å². The Kier molecular flexibility index (Phi) is 6.10. The number of benzene rings is 2. The third kappa shape index (κ3) is 5.02. The number of carbonyl (C=O) groups is 2. The average Bonchev–Trinajstić information content (AvgIpc) is 3.19. The van der Waals surface area contributed by atoms with Gasteiger partial charge in [-0.2, -0.15) is 5.10 Å². The van der Waals surface area contributed by atoms with Crippen molar-refractivity contribution in [1.29, 1.82) is 0 Å². The molecule has 0 saturated carbocycles. The van der Waals surface area contributed by atoms with Crippen molar-refractivity contribution in [3.8, 4) is 29.6 Å². The summed E-state index contributed by atoms with van der Waals surface area (Å²) in [6.07, 6.45) is 6.60. The molecule has 2 aromatic carbocycles. The summed E-state index contributed by atoms with van der Waals surface area (Å²) < 4.78 is 15.7. The van der Waals surface area contributed by atoms with Crippen LogP contribution in [0.1, 0.15) is 15.9 Å². The van der Waals surface area contributed by atoms with E-state index in [1.807, 2.05) is 0 Å². The monoisotopic (exact) mass is 379 g/mol. The lowest BCUT2D eigenvalue weighted by Gasteiger charge is -2.05. The van der Waals surface area contributed by atoms with Crippen LogP contribution >= 0.6 is 0 Å². The Hall–Kier alpha value is -3.99. The van der Waals surface area contributed by atoms with E-state index in [1.54, 1.807) is 42.5 Å². The van der Waals surface area contributed by atoms with Crippen molar-refractivity contribution in [3.63, 3.8) is 0 Å². The van der Waals surface area contributed by atoms with E-state index in [2.05, 4.69) is 21.8 Å². The Morgan fingerprint density at radius 2 is 1.96 bits per heavy atom. The number of amides is 2. The van der Waals surface area contributed by atoms with Crippen LogP contribution < -0.4 is 25.0 Å². The molecular formula is C20H17N3O5. The minimum Gasteiger partial charge on any atom is -0.481 e. The molecule has 2 N–H and O–H groups in total. The van der Waals surface area contributed by atoms with Gasteiger partial charge in [-0.25, -0.2) is 5.43 Å². The third-order valence-electron chi connectivity index (χ3n) is 3.65. The summed E-state index contributed by atoms with van der Waals surface area (Å²) in [5.74, 6) is 3.24. The van der Waals surface area contributed by atoms with Gasteiger partial charge in [0.15, 0.2) is 11.5 Å². The van der Waals surface area contributed by atoms with Crippen LogP contribution in [0.2, 0.25) is 0 Å². The van der Waals surface area contributed by atoms with Crippen LogP contribution in [0.25, 0.3) is 0 Å². The molecule has 0 fully saturated rings. The van der Waals surface area contributed by atoms with E-state index in [-0.39, 0.29) is 19.9 Å². The second-order valence-electron chi connectivity index (χ2n) is 5.61. The highest BCUT2D eigenvalue weighted by atomic mass is 16.7. The molecule has 8 heteroatoms. The highest BCUT2D eigenvalue weighted by molar-refractivity contribution is 5.97. The summed E-state index contributed by atoms with van der Waals surface area (Å²) in [5.41, 5.74) is 3.47. The van der Waals surface area contributed by atoms with Gasteiger partial charge in [-0.05, 0) is 48.0 Å². The summed E-state index contributed by atoms with van der Waals surface area (Å²) in [6.45, 7) is 0.104. The molecule has 0 radical (unpaired) electrons. The highest BCUT2D eigenvalue weighted by Gasteiger charge is 2.16. The lowest BCUT2D eigenvalue weighted by Crippen LogP contribution is -2.34. The zero-order valence-corrected chi connectivity index (χ0v) is 14.8. The quantitative estimate of drug-likeness (QED) is 0.429. The number of nitrogens with zero attached hydrogens (tertiary/aromatic N) is 1. The van der Waals surface area contributed by atoms with Crippen molar-refractivity contribution in [2.24, 2.45) is 5.10 Å². The van der Waals surface area contributed by atoms with Crippen molar-refractivity contribution in [2.45, 2.75) is 0 Å². The highest BCUT2D eigenvalue weighted by Crippen LogP contribution is 2.32. The van der Waals surface area contributed by atoms with Gasteiger partial charge in [0.25, 0.3) is 11.8 Å². The molecule has 2 aromatic rings. The molecule has 1 aliphatic rings. The zero-order valence-electron chi connectivity index (χ0n) is 14.8. The summed E-state index contributed by atoms with van der Waals surface area (Å²) >= 11 is 0. The Labute approximate surface area is 161 Å². The SMILES string of the molecule is C#CCOc1ccc(/C=N\NC(=O)CNC(=O)c2ccc3c(c2)OCO3)cc1. The van der Waals surface area contributed by atoms with Crippen molar-refractivity contribution in [1.82, 2.24) is 10.7 Å². The minimum atomic E-state index is -0.459. The minimum absolute atomic E-state index is 0.126. The standard InChI is InChI=1S/C20H17N3O5/c1-2-9-26-16-6-3-14(4-7-16)11-22-23-19(24)12-21-20(25)15-5-8-17-18(10-15)28-13-27-17/h1,3-8,10-11H,9,12-13H2,(H,21,25)(H,23,24)/b22-11-. The maximum Gasteiger partial charge on any atom is 0.259 e. The van der Waals surface area contributed by atoms with Crippen LogP contribution in [0.15, 0.2) is 47.6 Å².